The van der Waals surface area contributed by atoms with E-state index in [4.69, 9.17) is 0 Å². The molecule has 4 aliphatic rings. The largest absolute Gasteiger partial charge is 0.508 e. The molecular weight excluding hydrogens is 411 g/mol. The topological polar surface area (TPSA) is 122 Å². The van der Waals surface area contributed by atoms with Crippen molar-refractivity contribution in [3.8, 4) is 5.75 Å². The number of hydrazine groups is 1. The Kier molecular flexibility index (Phi) is 7.52. The summed E-state index contributed by atoms with van der Waals surface area (Å²) in [5.41, 5.74) is 2.95. The molecule has 149 valence electrons. The summed E-state index contributed by atoms with van der Waals surface area (Å²) in [7, 11) is 0. The van der Waals surface area contributed by atoms with E-state index < -0.39 is 0 Å². The van der Waals surface area contributed by atoms with Gasteiger partial charge in [0.25, 0.3) is 11.8 Å². The molecule has 7 rings (SSSR count). The Morgan fingerprint density at radius 3 is 2.03 bits per heavy atom. The third-order valence-corrected chi connectivity index (χ3v) is 4.40. The van der Waals surface area contributed by atoms with Gasteiger partial charge in [-0.3, -0.25) is 21.3 Å². The number of aromatic hydroxyl groups is 1. The van der Waals surface area contributed by atoms with Crippen LogP contribution in [0.2, 0.25) is 0 Å². The van der Waals surface area contributed by atoms with Crippen LogP contribution in [0.5, 0.6) is 5.75 Å². The van der Waals surface area contributed by atoms with Crippen LogP contribution in [0.25, 0.3) is 0 Å². The summed E-state index contributed by atoms with van der Waals surface area (Å²) >= 11 is 0. The molecule has 1 radical (unpaired) electrons. The van der Waals surface area contributed by atoms with Crippen LogP contribution < -0.4 is 21.9 Å². The van der Waals surface area contributed by atoms with Crippen molar-refractivity contribution in [2.24, 2.45) is 11.7 Å². The van der Waals surface area contributed by atoms with E-state index in [9.17, 15) is 14.7 Å². The minimum Gasteiger partial charge on any atom is -0.508 e. The maximum absolute atomic E-state index is 13.1. The second kappa shape index (κ2) is 9.86. The van der Waals surface area contributed by atoms with E-state index in [1.165, 1.54) is 0 Å². The number of carbonyl (C=O) groups is 2. The molecule has 0 aromatic heterocycles. The first kappa shape index (κ1) is 22.1. The average molecular weight is 431 g/mol. The Morgan fingerprint density at radius 1 is 0.828 bits per heavy atom. The summed E-state index contributed by atoms with van der Waals surface area (Å²) in [5, 5.41) is 12.9. The molecule has 8 heteroatoms. The minimum atomic E-state index is -0.219. The third-order valence-electron chi connectivity index (χ3n) is 4.40. The first-order valence-electron chi connectivity index (χ1n) is 8.55. The molecule has 0 spiro atoms. The number of rotatable bonds is 2. The Balaban J connectivity index is 0.000000970. The van der Waals surface area contributed by atoms with Crippen LogP contribution in [0, 0.1) is 0 Å². The molecule has 3 aromatic rings. The molecule has 0 saturated carbocycles. The summed E-state index contributed by atoms with van der Waals surface area (Å²) in [6.45, 7) is 0.235. The maximum Gasteiger partial charge on any atom is 0.258 e. The van der Waals surface area contributed by atoms with Crippen molar-refractivity contribution in [3.63, 3.8) is 0 Å². The predicted molar refractivity (Wildman–Crippen MR) is 108 cm³/mol. The van der Waals surface area contributed by atoms with Gasteiger partial charge < -0.3 is 15.3 Å². The van der Waals surface area contributed by atoms with Crippen molar-refractivity contribution in [1.82, 2.24) is 0 Å². The molecule has 6 N–H and O–H groups in total. The third kappa shape index (κ3) is 4.82. The molecule has 0 saturated heterocycles. The number of nitrogens with zero attached hydrogens (tertiary/aromatic N) is 1. The van der Waals surface area contributed by atoms with Gasteiger partial charge in [0, 0.05) is 45.1 Å². The summed E-state index contributed by atoms with van der Waals surface area (Å²) in [4.78, 5) is 26.9. The molecule has 0 unspecified atom stereocenters. The van der Waals surface area contributed by atoms with Crippen molar-refractivity contribution < 1.29 is 31.8 Å². The molecule has 0 fully saturated rings. The Morgan fingerprint density at radius 2 is 1.41 bits per heavy atom. The van der Waals surface area contributed by atoms with Crippen LogP contribution >= 0.6 is 0 Å². The smallest absolute Gasteiger partial charge is 0.258 e. The van der Waals surface area contributed by atoms with Crippen molar-refractivity contribution >= 4 is 23.2 Å². The van der Waals surface area contributed by atoms with Crippen LogP contribution in [0.4, 0.5) is 11.4 Å². The van der Waals surface area contributed by atoms with Gasteiger partial charge in [-0.2, -0.15) is 0 Å². The van der Waals surface area contributed by atoms with Crippen molar-refractivity contribution in [2.45, 2.75) is 6.54 Å². The molecule has 29 heavy (non-hydrogen) atoms. The number of para-hydroxylation sites is 1. The molecule has 7 nitrogen and oxygen atoms in total. The van der Waals surface area contributed by atoms with Crippen molar-refractivity contribution in [2.75, 3.05) is 10.2 Å². The van der Waals surface area contributed by atoms with E-state index in [2.05, 4.69) is 17.0 Å². The number of hydrogen-bond donors (Lipinski definition) is 4. The zero-order valence-corrected chi connectivity index (χ0v) is 16.6. The summed E-state index contributed by atoms with van der Waals surface area (Å²) in [5.74, 6) is 7.72. The SMILES string of the molecule is NN.O=C1Nc2ccc(cc2)N(Cc2ccccc2O)C(=O)c2ccc1cc2.[Mn]. The maximum atomic E-state index is 13.1. The number of nitrogens with two attached hydrogens (primary N) is 2. The van der Waals surface area contributed by atoms with Crippen LogP contribution in [0.1, 0.15) is 26.3 Å². The van der Waals surface area contributed by atoms with Gasteiger partial charge >= 0.3 is 0 Å². The number of nitrogens with one attached hydrogen (secondary N) is 1. The van der Waals surface area contributed by atoms with E-state index >= 15 is 0 Å². The Bertz CT molecular complexity index is 992. The second-order valence-electron chi connectivity index (χ2n) is 6.10. The van der Waals surface area contributed by atoms with Crippen LogP contribution in [-0.4, -0.2) is 16.9 Å². The quantitative estimate of drug-likeness (QED) is 0.282. The number of carbonyl (C=O) groups excluding carboxylic acids is 2. The fraction of sp³-hybridized carbons (Fsp3) is 0.0476. The number of phenols is 1. The van der Waals surface area contributed by atoms with E-state index in [1.54, 1.807) is 71.6 Å². The molecule has 0 atom stereocenters. The number of amides is 2. The minimum absolute atomic E-state index is 0. The normalized spacial score (nSPS) is 12.1. The van der Waals surface area contributed by atoms with Crippen molar-refractivity contribution in [3.05, 3.63) is 89.5 Å². The number of phenolic OH excluding ortho intramolecular Hbond substituents is 1. The standard InChI is InChI=1S/C21H16N2O3.Mn.H4N2/c24-19-4-2-1-3-16(19)13-23-18-11-9-17(10-12-18)22-20(25)14-5-7-15(8-6-14)21(23)26;;1-2/h1-12,24H,13H2,(H,22,25);;1-2H2. The molecular formula is C21H20MnN4O3. The molecule has 2 amide bonds. The molecule has 4 aliphatic heterocycles. The number of anilines is 2. The van der Waals surface area contributed by atoms with Gasteiger partial charge in [0.05, 0.1) is 6.54 Å². The first-order chi connectivity index (χ1) is 13.6. The summed E-state index contributed by atoms with van der Waals surface area (Å²) in [6, 6.07) is 20.6. The number of benzene rings is 3. The Hall–Kier alpha value is -3.16. The molecule has 4 bridgehead atoms. The van der Waals surface area contributed by atoms with E-state index in [1.807, 2.05) is 6.07 Å². The monoisotopic (exact) mass is 431 g/mol. The molecule has 4 heterocycles. The van der Waals surface area contributed by atoms with Gasteiger partial charge in [0.2, 0.25) is 0 Å². The Labute approximate surface area is 178 Å². The summed E-state index contributed by atoms with van der Waals surface area (Å²) in [6.07, 6.45) is 0. The van der Waals surface area contributed by atoms with Crippen LogP contribution in [-0.2, 0) is 23.6 Å². The van der Waals surface area contributed by atoms with E-state index in [0.717, 1.165) is 0 Å². The van der Waals surface area contributed by atoms with Crippen LogP contribution in [0.15, 0.2) is 72.8 Å². The van der Waals surface area contributed by atoms with Gasteiger partial charge in [-0.25, -0.2) is 0 Å². The van der Waals surface area contributed by atoms with Gasteiger partial charge in [-0.05, 0) is 54.6 Å². The number of hydrogen-bond acceptors (Lipinski definition) is 5. The zero-order valence-electron chi connectivity index (χ0n) is 15.4. The molecule has 3 aromatic carbocycles. The average Bonchev–Trinajstić information content (AvgIpc) is 2.74. The van der Waals surface area contributed by atoms with E-state index in [-0.39, 0.29) is 41.2 Å². The first-order valence-corrected chi connectivity index (χ1v) is 8.55. The fourth-order valence-corrected chi connectivity index (χ4v) is 2.94. The van der Waals surface area contributed by atoms with Gasteiger partial charge in [-0.15, -0.1) is 0 Å². The van der Waals surface area contributed by atoms with Crippen LogP contribution in [0.3, 0.4) is 0 Å². The van der Waals surface area contributed by atoms with Gasteiger partial charge in [-0.1, -0.05) is 18.2 Å². The fourth-order valence-electron chi connectivity index (χ4n) is 2.94. The van der Waals surface area contributed by atoms with Gasteiger partial charge in [0.1, 0.15) is 5.75 Å². The second-order valence-corrected chi connectivity index (χ2v) is 6.10. The zero-order chi connectivity index (χ0) is 20.1. The molecule has 0 aliphatic carbocycles. The summed E-state index contributed by atoms with van der Waals surface area (Å²) < 4.78 is 0. The van der Waals surface area contributed by atoms with Gasteiger partial charge in [0.15, 0.2) is 0 Å². The van der Waals surface area contributed by atoms with Crippen molar-refractivity contribution in [1.29, 1.82) is 0 Å². The predicted octanol–water partition coefficient (Wildman–Crippen LogP) is 2.62. The van der Waals surface area contributed by atoms with E-state index in [0.29, 0.717) is 28.1 Å².